The van der Waals surface area contributed by atoms with Crippen molar-refractivity contribution in [1.29, 1.82) is 0 Å². The Morgan fingerprint density at radius 2 is 1.50 bits per heavy atom. The fraction of sp³-hybridized carbons (Fsp3) is 0.733. The lowest BCUT2D eigenvalue weighted by atomic mass is 9.67. The van der Waals surface area contributed by atoms with Gasteiger partial charge in [0.2, 0.25) is 0 Å². The average Bonchev–Trinajstić information content (AvgIpc) is 2.86. The largest absolute Gasteiger partial charge is 0.459 e. The lowest BCUT2D eigenvalue weighted by molar-refractivity contribution is -0.262. The van der Waals surface area contributed by atoms with Crippen LogP contribution in [0.2, 0.25) is 0 Å². The van der Waals surface area contributed by atoms with Crippen LogP contribution >= 0.6 is 0 Å². The van der Waals surface area contributed by atoms with Crippen LogP contribution in [-0.4, -0.2) is 92.1 Å². The standard InChI is InChI=1S/C30H48O12/c1-12-16(6)28(36)42-24-22(33)21(17(7)19(32)13-20(29(9,10)37)40-26(34)14(2)3)23(41-27(35)15(4)5)25(30(24,11)38)39-18(8)31/h12,14-15,19-25,32-33,37-38H,7,13H2,1-6,8-11H3/b16-12-. The van der Waals surface area contributed by atoms with Gasteiger partial charge in [0, 0.05) is 18.9 Å². The summed E-state index contributed by atoms with van der Waals surface area (Å²) in [7, 11) is 0. The van der Waals surface area contributed by atoms with Crippen molar-refractivity contribution in [2.24, 2.45) is 17.8 Å². The van der Waals surface area contributed by atoms with Gasteiger partial charge in [0.1, 0.15) is 17.8 Å². The Labute approximate surface area is 247 Å². The summed E-state index contributed by atoms with van der Waals surface area (Å²) in [5, 5.41) is 45.1. The molecule has 0 aromatic carbocycles. The SMILES string of the molecule is C=C(C(O)CC(OC(=O)C(C)C)C(C)(C)O)C1C(O)C(OC(=O)/C(C)=C\C)C(C)(O)C(OC(C)=O)C1OC(=O)C(C)C. The topological polar surface area (TPSA) is 186 Å². The molecule has 0 radical (unpaired) electrons. The number of rotatable bonds is 12. The van der Waals surface area contributed by atoms with Gasteiger partial charge in [0.25, 0.3) is 0 Å². The van der Waals surface area contributed by atoms with E-state index in [1.165, 1.54) is 26.8 Å². The van der Waals surface area contributed by atoms with Gasteiger partial charge in [-0.05, 0) is 40.2 Å². The minimum atomic E-state index is -2.28. The van der Waals surface area contributed by atoms with Gasteiger partial charge in [0.05, 0.1) is 29.5 Å². The Hall–Kier alpha value is -2.80. The molecule has 1 fully saturated rings. The van der Waals surface area contributed by atoms with Gasteiger partial charge in [-0.15, -0.1) is 0 Å². The first-order chi connectivity index (χ1) is 19.1. The van der Waals surface area contributed by atoms with Crippen molar-refractivity contribution in [1.82, 2.24) is 0 Å². The summed E-state index contributed by atoms with van der Waals surface area (Å²) in [6.07, 6.45) is -8.58. The van der Waals surface area contributed by atoms with Crippen molar-refractivity contribution in [3.63, 3.8) is 0 Å². The molecule has 1 saturated carbocycles. The monoisotopic (exact) mass is 600 g/mol. The summed E-state index contributed by atoms with van der Waals surface area (Å²) in [6.45, 7) is 18.2. The number of allylic oxidation sites excluding steroid dienone is 1. The van der Waals surface area contributed by atoms with Crippen LogP contribution in [-0.2, 0) is 38.1 Å². The predicted octanol–water partition coefficient (Wildman–Crippen LogP) is 1.75. The van der Waals surface area contributed by atoms with E-state index in [4.69, 9.17) is 18.9 Å². The van der Waals surface area contributed by atoms with Crippen LogP contribution in [0.3, 0.4) is 0 Å². The van der Waals surface area contributed by atoms with Crippen LogP contribution in [0, 0.1) is 17.8 Å². The number of carbonyl (C=O) groups excluding carboxylic acids is 4. The van der Waals surface area contributed by atoms with Gasteiger partial charge in [-0.25, -0.2) is 4.79 Å². The zero-order chi connectivity index (χ0) is 32.9. The van der Waals surface area contributed by atoms with Crippen molar-refractivity contribution in [2.75, 3.05) is 0 Å². The molecule has 0 saturated heterocycles. The molecule has 0 heterocycles. The minimum absolute atomic E-state index is 0.158. The van der Waals surface area contributed by atoms with Gasteiger partial charge in [0.15, 0.2) is 18.3 Å². The molecule has 8 unspecified atom stereocenters. The van der Waals surface area contributed by atoms with Gasteiger partial charge < -0.3 is 39.4 Å². The van der Waals surface area contributed by atoms with Gasteiger partial charge in [-0.1, -0.05) is 40.3 Å². The van der Waals surface area contributed by atoms with E-state index in [1.807, 2.05) is 0 Å². The first-order valence-corrected chi connectivity index (χ1v) is 14.0. The molecule has 1 aliphatic rings. The van der Waals surface area contributed by atoms with Crippen LogP contribution in [0.25, 0.3) is 0 Å². The number of carbonyl (C=O) groups is 4. The molecule has 0 spiro atoms. The van der Waals surface area contributed by atoms with E-state index in [1.54, 1.807) is 34.6 Å². The van der Waals surface area contributed by atoms with Crippen LogP contribution in [0.5, 0.6) is 0 Å². The number of esters is 4. The zero-order valence-corrected chi connectivity index (χ0v) is 26.2. The van der Waals surface area contributed by atoms with E-state index in [9.17, 15) is 39.6 Å². The fourth-order valence-electron chi connectivity index (χ4n) is 4.46. The van der Waals surface area contributed by atoms with Crippen LogP contribution in [0.1, 0.15) is 75.7 Å². The first-order valence-electron chi connectivity index (χ1n) is 14.0. The Morgan fingerprint density at radius 1 is 0.976 bits per heavy atom. The number of aliphatic hydroxyl groups is 4. The third kappa shape index (κ3) is 9.10. The van der Waals surface area contributed by atoms with Gasteiger partial charge in [-0.2, -0.15) is 0 Å². The highest BCUT2D eigenvalue weighted by molar-refractivity contribution is 5.87. The first kappa shape index (κ1) is 37.2. The summed E-state index contributed by atoms with van der Waals surface area (Å²) < 4.78 is 22.0. The molecule has 1 aliphatic carbocycles. The summed E-state index contributed by atoms with van der Waals surface area (Å²) in [4.78, 5) is 50.0. The maximum Gasteiger partial charge on any atom is 0.333 e. The maximum absolute atomic E-state index is 12.8. The summed E-state index contributed by atoms with van der Waals surface area (Å²) in [6, 6.07) is 0. The van der Waals surface area contributed by atoms with E-state index < -0.39 is 89.5 Å². The molecule has 4 N–H and O–H groups in total. The smallest absolute Gasteiger partial charge is 0.333 e. The van der Waals surface area contributed by atoms with E-state index >= 15 is 0 Å². The van der Waals surface area contributed by atoms with E-state index in [-0.39, 0.29) is 17.6 Å². The molecule has 8 atom stereocenters. The van der Waals surface area contributed by atoms with Gasteiger partial charge >= 0.3 is 23.9 Å². The van der Waals surface area contributed by atoms with Crippen LogP contribution < -0.4 is 0 Å². The molecule has 240 valence electrons. The van der Waals surface area contributed by atoms with Crippen LogP contribution in [0.4, 0.5) is 0 Å². The lowest BCUT2D eigenvalue weighted by Gasteiger charge is -2.52. The minimum Gasteiger partial charge on any atom is -0.459 e. The Kier molecular flexibility index (Phi) is 12.9. The van der Waals surface area contributed by atoms with Crippen molar-refractivity contribution >= 4 is 23.9 Å². The Balaban J connectivity index is 3.70. The maximum atomic E-state index is 12.8. The zero-order valence-electron chi connectivity index (χ0n) is 26.2. The van der Waals surface area contributed by atoms with Crippen molar-refractivity contribution in [2.45, 2.75) is 123 Å². The Bertz CT molecular complexity index is 1040. The molecule has 0 aliphatic heterocycles. The predicted molar refractivity (Wildman–Crippen MR) is 150 cm³/mol. The highest BCUT2D eigenvalue weighted by atomic mass is 16.6. The van der Waals surface area contributed by atoms with Crippen molar-refractivity contribution in [3.05, 3.63) is 23.8 Å². The second kappa shape index (κ2) is 14.6. The number of hydrogen-bond acceptors (Lipinski definition) is 12. The molecule has 0 aromatic heterocycles. The number of hydrogen-bond donors (Lipinski definition) is 4. The third-order valence-corrected chi connectivity index (χ3v) is 7.30. The quantitative estimate of drug-likeness (QED) is 0.110. The molecular formula is C30H48O12. The molecular weight excluding hydrogens is 552 g/mol. The molecule has 0 aromatic rings. The fourth-order valence-corrected chi connectivity index (χ4v) is 4.46. The number of ether oxygens (including phenoxy) is 4. The molecule has 42 heavy (non-hydrogen) atoms. The van der Waals surface area contributed by atoms with E-state index in [0.717, 1.165) is 13.8 Å². The summed E-state index contributed by atoms with van der Waals surface area (Å²) >= 11 is 0. The number of aliphatic hydroxyl groups excluding tert-OH is 2. The lowest BCUT2D eigenvalue weighted by Crippen LogP contribution is -2.70. The van der Waals surface area contributed by atoms with E-state index in [2.05, 4.69) is 6.58 Å². The van der Waals surface area contributed by atoms with Gasteiger partial charge in [-0.3, -0.25) is 14.4 Å². The normalized spacial score (nSPS) is 28.1. The second-order valence-electron chi connectivity index (χ2n) is 12.2. The average molecular weight is 601 g/mol. The second-order valence-corrected chi connectivity index (χ2v) is 12.2. The highest BCUT2D eigenvalue weighted by Gasteiger charge is 2.62. The Morgan fingerprint density at radius 3 is 1.93 bits per heavy atom. The molecule has 12 heteroatoms. The summed E-state index contributed by atoms with van der Waals surface area (Å²) in [5.74, 6) is -5.81. The molecule has 1 rings (SSSR count). The van der Waals surface area contributed by atoms with Crippen LogP contribution in [0.15, 0.2) is 23.8 Å². The molecule has 0 amide bonds. The van der Waals surface area contributed by atoms with Crippen molar-refractivity contribution < 1.29 is 58.6 Å². The molecule has 12 nitrogen and oxygen atoms in total. The third-order valence-electron chi connectivity index (χ3n) is 7.30. The molecule has 0 bridgehead atoms. The highest BCUT2D eigenvalue weighted by Crippen LogP contribution is 2.43. The summed E-state index contributed by atoms with van der Waals surface area (Å²) in [5.41, 5.74) is -3.89. The van der Waals surface area contributed by atoms with E-state index in [0.29, 0.717) is 0 Å². The van der Waals surface area contributed by atoms with Crippen molar-refractivity contribution in [3.8, 4) is 0 Å².